The van der Waals surface area contributed by atoms with Crippen molar-refractivity contribution in [2.24, 2.45) is 0 Å². The molecule has 0 saturated heterocycles. The van der Waals surface area contributed by atoms with Crippen molar-refractivity contribution < 1.29 is 13.2 Å². The molecule has 2 saturated carbocycles. The topological polar surface area (TPSA) is 79.4 Å². The van der Waals surface area contributed by atoms with E-state index in [1.165, 1.54) is 37.0 Å². The third-order valence-corrected chi connectivity index (χ3v) is 6.97. The number of H-pyrrole nitrogens is 1. The lowest BCUT2D eigenvalue weighted by molar-refractivity contribution is -0.137. The molecule has 0 spiro atoms. The zero-order valence-electron chi connectivity index (χ0n) is 19.1. The lowest BCUT2D eigenvalue weighted by Crippen LogP contribution is -2.09. The fourth-order valence-corrected chi connectivity index (χ4v) is 4.95. The second-order valence-corrected chi connectivity index (χ2v) is 9.49. The maximum atomic E-state index is 13.8. The molecular formula is C26H25F3N6. The van der Waals surface area contributed by atoms with Gasteiger partial charge < -0.3 is 5.32 Å². The van der Waals surface area contributed by atoms with Gasteiger partial charge in [0.2, 0.25) is 5.95 Å². The van der Waals surface area contributed by atoms with Crippen LogP contribution in [0.1, 0.15) is 73.7 Å². The first-order valence-corrected chi connectivity index (χ1v) is 12.1. The smallest absolute Gasteiger partial charge is 0.307 e. The van der Waals surface area contributed by atoms with E-state index in [2.05, 4.69) is 36.5 Å². The molecule has 6 rings (SSSR count). The number of rotatable bonds is 5. The standard InChI is InChI=1S/C26H25F3N6/c27-26(28,29)20-9-5-4-8-18(20)23-30-21-14-17(15-6-2-1-3-7-15)12-13-19(21)24(31-23)33-25-32-22(34-35-25)16-10-11-16/h4-5,8-9,12-16H,1-3,6-7,10-11H2,(H2,30,31,32,33,34,35). The molecule has 2 fully saturated rings. The Bertz CT molecular complexity index is 1370. The van der Waals surface area contributed by atoms with Gasteiger partial charge in [0.05, 0.1) is 11.1 Å². The number of benzene rings is 2. The van der Waals surface area contributed by atoms with E-state index in [0.29, 0.717) is 29.1 Å². The molecule has 2 aliphatic carbocycles. The van der Waals surface area contributed by atoms with Crippen molar-refractivity contribution >= 4 is 22.7 Å². The summed E-state index contributed by atoms with van der Waals surface area (Å²) in [4.78, 5) is 13.7. The molecule has 2 N–H and O–H groups in total. The molecule has 0 amide bonds. The fraction of sp³-hybridized carbons (Fsp3) is 0.385. The van der Waals surface area contributed by atoms with Gasteiger partial charge in [0.1, 0.15) is 11.6 Å². The predicted molar refractivity (Wildman–Crippen MR) is 127 cm³/mol. The molecule has 4 aromatic rings. The van der Waals surface area contributed by atoms with E-state index in [1.54, 1.807) is 6.07 Å². The summed E-state index contributed by atoms with van der Waals surface area (Å²) in [5, 5.41) is 11.0. The van der Waals surface area contributed by atoms with Crippen LogP contribution in [-0.2, 0) is 6.18 Å². The van der Waals surface area contributed by atoms with Crippen molar-refractivity contribution in [2.75, 3.05) is 5.32 Å². The van der Waals surface area contributed by atoms with Gasteiger partial charge in [-0.1, -0.05) is 43.5 Å². The monoisotopic (exact) mass is 478 g/mol. The van der Waals surface area contributed by atoms with E-state index in [1.807, 2.05) is 12.1 Å². The lowest BCUT2D eigenvalue weighted by Gasteiger charge is -2.22. The summed E-state index contributed by atoms with van der Waals surface area (Å²) in [6, 6.07) is 11.5. The summed E-state index contributed by atoms with van der Waals surface area (Å²) in [5.74, 6) is 2.41. The summed E-state index contributed by atoms with van der Waals surface area (Å²) in [7, 11) is 0. The minimum absolute atomic E-state index is 0.0201. The zero-order chi connectivity index (χ0) is 24.0. The molecule has 0 unspecified atom stereocenters. The van der Waals surface area contributed by atoms with Gasteiger partial charge in [0.15, 0.2) is 5.82 Å². The first-order valence-electron chi connectivity index (χ1n) is 12.1. The van der Waals surface area contributed by atoms with Gasteiger partial charge in [-0.15, -0.1) is 5.10 Å². The van der Waals surface area contributed by atoms with Crippen LogP contribution in [0.4, 0.5) is 24.9 Å². The highest BCUT2D eigenvalue weighted by atomic mass is 19.4. The maximum Gasteiger partial charge on any atom is 0.417 e. The summed E-state index contributed by atoms with van der Waals surface area (Å²) in [5.41, 5.74) is 0.964. The lowest BCUT2D eigenvalue weighted by atomic mass is 9.84. The summed E-state index contributed by atoms with van der Waals surface area (Å²) >= 11 is 0. The number of fused-ring (bicyclic) bond motifs is 1. The van der Waals surface area contributed by atoms with Crippen LogP contribution in [0.5, 0.6) is 0 Å². The largest absolute Gasteiger partial charge is 0.417 e. The van der Waals surface area contributed by atoms with Gasteiger partial charge >= 0.3 is 6.18 Å². The van der Waals surface area contributed by atoms with Crippen molar-refractivity contribution in [3.8, 4) is 11.4 Å². The highest BCUT2D eigenvalue weighted by molar-refractivity contribution is 5.92. The molecule has 2 heterocycles. The Balaban J connectivity index is 1.47. The van der Waals surface area contributed by atoms with Gasteiger partial charge in [-0.05, 0) is 55.4 Å². The van der Waals surface area contributed by atoms with Gasteiger partial charge in [-0.25, -0.2) is 9.97 Å². The molecule has 2 aromatic heterocycles. The van der Waals surface area contributed by atoms with Crippen LogP contribution in [0.2, 0.25) is 0 Å². The van der Waals surface area contributed by atoms with Crippen molar-refractivity contribution in [3.63, 3.8) is 0 Å². The predicted octanol–water partition coefficient (Wildman–Crippen LogP) is 7.10. The Kier molecular flexibility index (Phi) is 5.42. The maximum absolute atomic E-state index is 13.8. The van der Waals surface area contributed by atoms with E-state index in [9.17, 15) is 13.2 Å². The summed E-state index contributed by atoms with van der Waals surface area (Å²) in [6.07, 6.45) is 3.50. The first kappa shape index (κ1) is 22.0. The van der Waals surface area contributed by atoms with Crippen molar-refractivity contribution in [2.45, 2.75) is 63.0 Å². The van der Waals surface area contributed by atoms with Gasteiger partial charge in [0, 0.05) is 16.9 Å². The summed E-state index contributed by atoms with van der Waals surface area (Å²) < 4.78 is 41.4. The van der Waals surface area contributed by atoms with Gasteiger partial charge in [-0.2, -0.15) is 18.2 Å². The molecular weight excluding hydrogens is 453 g/mol. The van der Waals surface area contributed by atoms with Crippen LogP contribution in [0.25, 0.3) is 22.3 Å². The molecule has 0 bridgehead atoms. The van der Waals surface area contributed by atoms with Crippen LogP contribution in [-0.4, -0.2) is 25.1 Å². The Hall–Kier alpha value is -3.49. The molecule has 9 heteroatoms. The van der Waals surface area contributed by atoms with Crippen molar-refractivity contribution in [3.05, 3.63) is 59.4 Å². The SMILES string of the molecule is FC(F)(F)c1ccccc1-c1nc(Nc2n[nH]c(C3CC3)n2)c2ccc(C3CCCCC3)cc2n1. The van der Waals surface area contributed by atoms with Gasteiger partial charge in [-0.3, -0.25) is 5.10 Å². The molecule has 2 aliphatic rings. The van der Waals surface area contributed by atoms with Gasteiger partial charge in [0.25, 0.3) is 0 Å². The third-order valence-electron chi connectivity index (χ3n) is 6.97. The van der Waals surface area contributed by atoms with Crippen LogP contribution < -0.4 is 5.32 Å². The normalized spacial score (nSPS) is 17.1. The van der Waals surface area contributed by atoms with Crippen LogP contribution in [0, 0.1) is 0 Å². The van der Waals surface area contributed by atoms with Crippen LogP contribution in [0.15, 0.2) is 42.5 Å². The number of anilines is 2. The average Bonchev–Trinajstić information content (AvgIpc) is 3.62. The second-order valence-electron chi connectivity index (χ2n) is 9.49. The molecule has 0 atom stereocenters. The number of alkyl halides is 3. The minimum atomic E-state index is -4.52. The van der Waals surface area contributed by atoms with E-state index in [4.69, 9.17) is 0 Å². The van der Waals surface area contributed by atoms with Crippen LogP contribution in [0.3, 0.4) is 0 Å². The molecule has 180 valence electrons. The molecule has 0 aliphatic heterocycles. The number of nitrogens with zero attached hydrogens (tertiary/aromatic N) is 4. The second kappa shape index (κ2) is 8.62. The molecule has 6 nitrogen and oxygen atoms in total. The fourth-order valence-electron chi connectivity index (χ4n) is 4.95. The molecule has 2 aromatic carbocycles. The van der Waals surface area contributed by atoms with Crippen molar-refractivity contribution in [1.82, 2.24) is 25.1 Å². The molecule has 0 radical (unpaired) electrons. The third kappa shape index (κ3) is 4.47. The van der Waals surface area contributed by atoms with Crippen molar-refractivity contribution in [1.29, 1.82) is 0 Å². The number of halogens is 3. The quantitative estimate of drug-likeness (QED) is 0.320. The Labute approximate surface area is 200 Å². The highest BCUT2D eigenvalue weighted by Gasteiger charge is 2.34. The average molecular weight is 479 g/mol. The summed E-state index contributed by atoms with van der Waals surface area (Å²) in [6.45, 7) is 0. The minimum Gasteiger partial charge on any atom is -0.307 e. The Morgan fingerprint density at radius 1 is 0.857 bits per heavy atom. The van der Waals surface area contributed by atoms with E-state index in [0.717, 1.165) is 43.0 Å². The van der Waals surface area contributed by atoms with E-state index < -0.39 is 11.7 Å². The highest BCUT2D eigenvalue weighted by Crippen LogP contribution is 2.40. The number of aromatic nitrogens is 5. The number of aromatic amines is 1. The van der Waals surface area contributed by atoms with Crippen LogP contribution >= 0.6 is 0 Å². The first-order chi connectivity index (χ1) is 17.0. The van der Waals surface area contributed by atoms with E-state index >= 15 is 0 Å². The number of nitrogens with one attached hydrogen (secondary N) is 2. The molecule has 35 heavy (non-hydrogen) atoms. The van der Waals surface area contributed by atoms with E-state index in [-0.39, 0.29) is 11.4 Å². The Morgan fingerprint density at radius 3 is 2.43 bits per heavy atom. The zero-order valence-corrected chi connectivity index (χ0v) is 19.1. The Morgan fingerprint density at radius 2 is 1.66 bits per heavy atom. The number of hydrogen-bond donors (Lipinski definition) is 2. The number of hydrogen-bond acceptors (Lipinski definition) is 5.